The molecule has 0 saturated carbocycles. The third kappa shape index (κ3) is 2.61. The van der Waals surface area contributed by atoms with Crippen molar-refractivity contribution in [1.82, 2.24) is 9.97 Å². The number of nitrogens with one attached hydrogen (secondary N) is 1. The number of rotatable bonds is 2. The van der Waals surface area contributed by atoms with E-state index in [-0.39, 0.29) is 0 Å². The molecule has 0 saturated heterocycles. The van der Waals surface area contributed by atoms with Gasteiger partial charge in [0.05, 0.1) is 20.8 Å². The van der Waals surface area contributed by atoms with Gasteiger partial charge in [-0.1, -0.05) is 34.8 Å². The van der Waals surface area contributed by atoms with E-state index in [0.29, 0.717) is 32.4 Å². The first-order chi connectivity index (χ1) is 8.49. The molecule has 1 aromatic carbocycles. The molecule has 94 valence electrons. The van der Waals surface area contributed by atoms with Crippen molar-refractivity contribution < 1.29 is 0 Å². The molecule has 0 spiro atoms. The molecule has 0 unspecified atom stereocenters. The lowest BCUT2D eigenvalue weighted by molar-refractivity contribution is 1.14. The van der Waals surface area contributed by atoms with Crippen LogP contribution in [0, 0.1) is 6.92 Å². The molecule has 1 heterocycles. The van der Waals surface area contributed by atoms with Gasteiger partial charge in [0.1, 0.15) is 18.0 Å². The Hall–Kier alpha value is -1.23. The zero-order valence-electron chi connectivity index (χ0n) is 9.34. The summed E-state index contributed by atoms with van der Waals surface area (Å²) in [4.78, 5) is 7.97. The summed E-state index contributed by atoms with van der Waals surface area (Å²) in [5, 5.41) is 4.29. The predicted molar refractivity (Wildman–Crippen MR) is 75.9 cm³/mol. The van der Waals surface area contributed by atoms with E-state index in [0.717, 1.165) is 5.56 Å². The van der Waals surface area contributed by atoms with E-state index in [1.165, 1.54) is 6.33 Å². The Labute approximate surface area is 119 Å². The highest BCUT2D eigenvalue weighted by molar-refractivity contribution is 6.44. The number of benzene rings is 1. The summed E-state index contributed by atoms with van der Waals surface area (Å²) in [6.07, 6.45) is 1.37. The Bertz CT molecular complexity index is 601. The lowest BCUT2D eigenvalue weighted by Gasteiger charge is -2.11. The topological polar surface area (TPSA) is 63.8 Å². The van der Waals surface area contributed by atoms with Crippen LogP contribution in [-0.2, 0) is 0 Å². The molecular weight excluding hydrogens is 295 g/mol. The van der Waals surface area contributed by atoms with Crippen molar-refractivity contribution in [3.05, 3.63) is 39.1 Å². The number of hydrogen-bond donors (Lipinski definition) is 2. The van der Waals surface area contributed by atoms with Crippen molar-refractivity contribution >= 4 is 52.1 Å². The van der Waals surface area contributed by atoms with Crippen LogP contribution in [0.2, 0.25) is 15.1 Å². The number of aromatic nitrogens is 2. The van der Waals surface area contributed by atoms with E-state index in [1.54, 1.807) is 12.1 Å². The van der Waals surface area contributed by atoms with Crippen molar-refractivity contribution in [2.24, 2.45) is 0 Å². The molecule has 4 nitrogen and oxygen atoms in total. The minimum atomic E-state index is 0.395. The quantitative estimate of drug-likeness (QED) is 0.821. The SMILES string of the molecule is Cc1c(N)ncnc1Nc1cc(Cl)c(Cl)cc1Cl. The molecule has 0 aliphatic carbocycles. The number of anilines is 3. The van der Waals surface area contributed by atoms with Gasteiger partial charge in [-0.3, -0.25) is 0 Å². The average Bonchev–Trinajstić information content (AvgIpc) is 2.32. The number of nitrogens with zero attached hydrogens (tertiary/aromatic N) is 2. The molecule has 0 amide bonds. The van der Waals surface area contributed by atoms with Crippen LogP contribution in [-0.4, -0.2) is 9.97 Å². The minimum absolute atomic E-state index is 0.395. The zero-order valence-corrected chi connectivity index (χ0v) is 11.6. The van der Waals surface area contributed by atoms with E-state index in [9.17, 15) is 0 Å². The van der Waals surface area contributed by atoms with Crippen LogP contribution in [0.5, 0.6) is 0 Å². The van der Waals surface area contributed by atoms with Gasteiger partial charge >= 0.3 is 0 Å². The van der Waals surface area contributed by atoms with Gasteiger partial charge in [-0.25, -0.2) is 9.97 Å². The summed E-state index contributed by atoms with van der Waals surface area (Å²) < 4.78 is 0. The molecule has 0 aliphatic heterocycles. The summed E-state index contributed by atoms with van der Waals surface area (Å²) in [5.74, 6) is 0.978. The van der Waals surface area contributed by atoms with E-state index in [2.05, 4.69) is 15.3 Å². The highest BCUT2D eigenvalue weighted by Crippen LogP contribution is 2.34. The maximum Gasteiger partial charge on any atom is 0.138 e. The Balaban J connectivity index is 2.40. The molecule has 1 aromatic heterocycles. The second kappa shape index (κ2) is 5.18. The molecule has 3 N–H and O–H groups in total. The first-order valence-electron chi connectivity index (χ1n) is 4.97. The summed E-state index contributed by atoms with van der Waals surface area (Å²) in [6.45, 7) is 1.81. The fourth-order valence-corrected chi connectivity index (χ4v) is 1.93. The average molecular weight is 304 g/mol. The number of halogens is 3. The highest BCUT2D eigenvalue weighted by atomic mass is 35.5. The van der Waals surface area contributed by atoms with Gasteiger partial charge in [0, 0.05) is 5.56 Å². The van der Waals surface area contributed by atoms with E-state index >= 15 is 0 Å². The van der Waals surface area contributed by atoms with Crippen LogP contribution in [0.3, 0.4) is 0 Å². The van der Waals surface area contributed by atoms with Gasteiger partial charge in [0.15, 0.2) is 0 Å². The molecule has 18 heavy (non-hydrogen) atoms. The van der Waals surface area contributed by atoms with Crippen molar-refractivity contribution in [2.45, 2.75) is 6.92 Å². The molecule has 0 aliphatic rings. The van der Waals surface area contributed by atoms with E-state index in [1.807, 2.05) is 6.92 Å². The Kier molecular flexibility index (Phi) is 3.80. The van der Waals surface area contributed by atoms with Gasteiger partial charge in [-0.05, 0) is 19.1 Å². The van der Waals surface area contributed by atoms with Crippen molar-refractivity contribution in [2.75, 3.05) is 11.1 Å². The minimum Gasteiger partial charge on any atom is -0.383 e. The lowest BCUT2D eigenvalue weighted by atomic mass is 10.2. The summed E-state index contributed by atoms with van der Waals surface area (Å²) in [5.41, 5.74) is 7.03. The van der Waals surface area contributed by atoms with Crippen molar-refractivity contribution in [1.29, 1.82) is 0 Å². The third-order valence-electron chi connectivity index (χ3n) is 2.39. The first kappa shape index (κ1) is 13.2. The van der Waals surface area contributed by atoms with Gasteiger partial charge < -0.3 is 11.1 Å². The van der Waals surface area contributed by atoms with Gasteiger partial charge in [-0.15, -0.1) is 0 Å². The van der Waals surface area contributed by atoms with Crippen molar-refractivity contribution in [3.63, 3.8) is 0 Å². The van der Waals surface area contributed by atoms with E-state index < -0.39 is 0 Å². The second-order valence-electron chi connectivity index (χ2n) is 3.60. The standard InChI is InChI=1S/C11H9Cl3N4/c1-5-10(15)16-4-17-11(5)18-9-3-7(13)6(12)2-8(9)14/h2-4H,1H3,(H3,15,16,17,18). The zero-order chi connectivity index (χ0) is 13.3. The second-order valence-corrected chi connectivity index (χ2v) is 4.83. The predicted octanol–water partition coefficient (Wildman–Crippen LogP) is 4.07. The maximum atomic E-state index is 6.06. The van der Waals surface area contributed by atoms with E-state index in [4.69, 9.17) is 40.5 Å². The van der Waals surface area contributed by atoms with Crippen LogP contribution < -0.4 is 11.1 Å². The highest BCUT2D eigenvalue weighted by Gasteiger charge is 2.09. The van der Waals surface area contributed by atoms with Crippen LogP contribution in [0.15, 0.2) is 18.5 Å². The molecule has 2 rings (SSSR count). The Morgan fingerprint density at radius 3 is 2.44 bits per heavy atom. The third-order valence-corrected chi connectivity index (χ3v) is 3.42. The molecule has 7 heteroatoms. The fourth-order valence-electron chi connectivity index (χ4n) is 1.34. The molecule has 0 bridgehead atoms. The summed E-state index contributed by atoms with van der Waals surface area (Å²) in [6, 6.07) is 3.19. The molecule has 0 atom stereocenters. The number of hydrogen-bond acceptors (Lipinski definition) is 4. The van der Waals surface area contributed by atoms with Crippen LogP contribution in [0.1, 0.15) is 5.56 Å². The normalized spacial score (nSPS) is 10.4. The van der Waals surface area contributed by atoms with Crippen LogP contribution in [0.4, 0.5) is 17.3 Å². The Morgan fingerprint density at radius 2 is 1.72 bits per heavy atom. The number of nitrogen functional groups attached to an aromatic ring is 1. The Morgan fingerprint density at radius 1 is 1.06 bits per heavy atom. The molecule has 0 radical (unpaired) electrons. The van der Waals surface area contributed by atoms with Gasteiger partial charge in [-0.2, -0.15) is 0 Å². The van der Waals surface area contributed by atoms with Gasteiger partial charge in [0.25, 0.3) is 0 Å². The molecule has 0 fully saturated rings. The lowest BCUT2D eigenvalue weighted by Crippen LogP contribution is -2.02. The smallest absolute Gasteiger partial charge is 0.138 e. The summed E-state index contributed by atoms with van der Waals surface area (Å²) >= 11 is 17.9. The summed E-state index contributed by atoms with van der Waals surface area (Å²) in [7, 11) is 0. The van der Waals surface area contributed by atoms with Gasteiger partial charge in [0.2, 0.25) is 0 Å². The largest absolute Gasteiger partial charge is 0.383 e. The molecule has 2 aromatic rings. The molecular formula is C11H9Cl3N4. The maximum absolute atomic E-state index is 6.06. The number of nitrogens with two attached hydrogens (primary N) is 1. The van der Waals surface area contributed by atoms with Crippen LogP contribution >= 0.6 is 34.8 Å². The monoisotopic (exact) mass is 302 g/mol. The fraction of sp³-hybridized carbons (Fsp3) is 0.0909. The first-order valence-corrected chi connectivity index (χ1v) is 6.11. The van der Waals surface area contributed by atoms with Crippen LogP contribution in [0.25, 0.3) is 0 Å². The van der Waals surface area contributed by atoms with Crippen molar-refractivity contribution in [3.8, 4) is 0 Å².